The first-order valence-corrected chi connectivity index (χ1v) is 10.5. The second-order valence-corrected chi connectivity index (χ2v) is 8.86. The summed E-state index contributed by atoms with van der Waals surface area (Å²) in [5, 5.41) is 13.4. The molecule has 0 fully saturated rings. The van der Waals surface area contributed by atoms with Crippen molar-refractivity contribution in [2.75, 3.05) is 13.7 Å². The molecule has 2 heterocycles. The maximum Gasteiger partial charge on any atom is 0.131 e. The molecule has 1 unspecified atom stereocenters. The van der Waals surface area contributed by atoms with Crippen molar-refractivity contribution in [2.24, 2.45) is 0 Å². The van der Waals surface area contributed by atoms with Crippen LogP contribution >= 0.6 is 11.3 Å². The molecule has 29 heavy (non-hydrogen) atoms. The number of aromatic nitrogens is 3. The molecule has 0 saturated heterocycles. The van der Waals surface area contributed by atoms with Gasteiger partial charge in [-0.25, -0.2) is 14.4 Å². The van der Waals surface area contributed by atoms with Crippen LogP contribution in [-0.4, -0.2) is 39.4 Å². The summed E-state index contributed by atoms with van der Waals surface area (Å²) in [6.07, 6.45) is 2.79. The predicted octanol–water partition coefficient (Wildman–Crippen LogP) is 4.50. The normalized spacial score (nSPS) is 14.0. The molecule has 0 amide bonds. The predicted molar refractivity (Wildman–Crippen MR) is 114 cm³/mol. The number of hydrogen-bond donors (Lipinski definition) is 2. The van der Waals surface area contributed by atoms with Crippen LogP contribution in [0.3, 0.4) is 0 Å². The minimum Gasteiger partial charge on any atom is -0.496 e. The van der Waals surface area contributed by atoms with E-state index < -0.39 is 11.1 Å². The highest BCUT2D eigenvalue weighted by Crippen LogP contribution is 2.43. The zero-order chi connectivity index (χ0) is 21.2. The van der Waals surface area contributed by atoms with Gasteiger partial charge in [0.15, 0.2) is 0 Å². The van der Waals surface area contributed by atoms with E-state index in [0.29, 0.717) is 24.4 Å². The zero-order valence-corrected chi connectivity index (χ0v) is 18.4. The fourth-order valence-electron chi connectivity index (χ4n) is 3.44. The molecule has 156 valence electrons. The maximum atomic E-state index is 14.1. The third kappa shape index (κ3) is 4.36. The first-order valence-electron chi connectivity index (χ1n) is 9.62. The number of aryl methyl sites for hydroxylation is 3. The number of benzene rings is 1. The molecule has 0 radical (unpaired) electrons. The Bertz CT molecular complexity index is 934. The van der Waals surface area contributed by atoms with Crippen LogP contribution in [0.2, 0.25) is 0 Å². The molecule has 5 nitrogen and oxygen atoms in total. The largest absolute Gasteiger partial charge is 0.496 e. The molecular formula is C22H28FN3O2S. The average Bonchev–Trinajstić information content (AvgIpc) is 3.30. The third-order valence-electron chi connectivity index (χ3n) is 5.06. The molecule has 0 aliphatic rings. The number of nitrogens with one attached hydrogen (secondary N) is 1. The van der Waals surface area contributed by atoms with Crippen LogP contribution in [-0.2, 0) is 11.8 Å². The summed E-state index contributed by atoms with van der Waals surface area (Å²) in [6, 6.07) is 5.79. The van der Waals surface area contributed by atoms with Crippen molar-refractivity contribution in [1.29, 1.82) is 0 Å². The van der Waals surface area contributed by atoms with Crippen molar-refractivity contribution >= 4 is 11.3 Å². The number of imidazole rings is 1. The number of methoxy groups -OCH3 is 1. The van der Waals surface area contributed by atoms with E-state index in [-0.39, 0.29) is 6.61 Å². The van der Waals surface area contributed by atoms with Gasteiger partial charge in [0.2, 0.25) is 0 Å². The van der Waals surface area contributed by atoms with E-state index >= 15 is 0 Å². The van der Waals surface area contributed by atoms with Crippen molar-refractivity contribution < 1.29 is 14.2 Å². The Morgan fingerprint density at radius 1 is 1.21 bits per heavy atom. The van der Waals surface area contributed by atoms with Gasteiger partial charge in [0.25, 0.3) is 0 Å². The first kappa shape index (κ1) is 21.5. The molecule has 7 heteroatoms. The SMILES string of the molecule is COc1ccc(CCC(C)(C)F)cc1C(CO)(c1nc(C)c[nH]1)c1nc(C)cs1. The number of aliphatic hydroxyl groups is 1. The highest BCUT2D eigenvalue weighted by Gasteiger charge is 2.44. The number of thiazole rings is 1. The fourth-order valence-corrected chi connectivity index (χ4v) is 4.44. The number of rotatable bonds is 8. The quantitative estimate of drug-likeness (QED) is 0.566. The van der Waals surface area contributed by atoms with E-state index in [0.717, 1.165) is 27.5 Å². The number of halogens is 1. The van der Waals surface area contributed by atoms with Crippen LogP contribution in [0, 0.1) is 13.8 Å². The van der Waals surface area contributed by atoms with Gasteiger partial charge in [-0.3, -0.25) is 0 Å². The number of aliphatic hydroxyl groups excluding tert-OH is 1. The number of ether oxygens (including phenoxy) is 1. The number of nitrogens with zero attached hydrogens (tertiary/aromatic N) is 2. The van der Waals surface area contributed by atoms with Gasteiger partial charge in [0.1, 0.15) is 27.7 Å². The molecule has 3 rings (SSSR count). The number of H-pyrrole nitrogens is 1. The molecule has 1 atom stereocenters. The van der Waals surface area contributed by atoms with E-state index in [2.05, 4.69) is 15.0 Å². The molecule has 0 bridgehead atoms. The lowest BCUT2D eigenvalue weighted by Gasteiger charge is -2.30. The summed E-state index contributed by atoms with van der Waals surface area (Å²) >= 11 is 1.48. The van der Waals surface area contributed by atoms with Gasteiger partial charge in [-0.15, -0.1) is 11.3 Å². The average molecular weight is 418 g/mol. The third-order valence-corrected chi connectivity index (χ3v) is 6.19. The Kier molecular flexibility index (Phi) is 6.10. The van der Waals surface area contributed by atoms with Gasteiger partial charge >= 0.3 is 0 Å². The van der Waals surface area contributed by atoms with E-state index in [4.69, 9.17) is 4.74 Å². The zero-order valence-electron chi connectivity index (χ0n) is 17.5. The van der Waals surface area contributed by atoms with Gasteiger partial charge in [0, 0.05) is 22.8 Å². The number of alkyl halides is 1. The van der Waals surface area contributed by atoms with Gasteiger partial charge in [-0.1, -0.05) is 12.1 Å². The topological polar surface area (TPSA) is 71.0 Å². The molecule has 0 aliphatic heterocycles. The lowest BCUT2D eigenvalue weighted by molar-refractivity contribution is 0.202. The van der Waals surface area contributed by atoms with Crippen molar-refractivity contribution in [3.05, 3.63) is 63.1 Å². The Labute approximate surface area is 175 Å². The molecule has 3 aromatic rings. The van der Waals surface area contributed by atoms with E-state index in [1.807, 2.05) is 43.6 Å². The monoisotopic (exact) mass is 417 g/mol. The Morgan fingerprint density at radius 2 is 1.97 bits per heavy atom. The van der Waals surface area contributed by atoms with E-state index in [9.17, 15) is 9.50 Å². The Balaban J connectivity index is 2.22. The number of hydrogen-bond acceptors (Lipinski definition) is 5. The second kappa shape index (κ2) is 8.24. The minimum absolute atomic E-state index is 0.235. The standard InChI is InChI=1S/C22H28FN3O2S/c1-14-11-24-19(25-14)22(13-27,20-26-15(2)12-29-20)17-10-16(6-7-18(17)28-5)8-9-21(3,4)23/h6-7,10-12,27H,8-9,13H2,1-5H3,(H,24,25). The summed E-state index contributed by atoms with van der Waals surface area (Å²) in [5.41, 5.74) is 1.18. The molecule has 0 saturated carbocycles. The van der Waals surface area contributed by atoms with Gasteiger partial charge in [-0.05, 0) is 52.2 Å². The maximum absolute atomic E-state index is 14.1. The lowest BCUT2D eigenvalue weighted by Crippen LogP contribution is -2.35. The smallest absolute Gasteiger partial charge is 0.131 e. The Hall–Kier alpha value is -2.25. The van der Waals surface area contributed by atoms with Gasteiger partial charge in [-0.2, -0.15) is 0 Å². The van der Waals surface area contributed by atoms with Crippen LogP contribution in [0.5, 0.6) is 5.75 Å². The lowest BCUT2D eigenvalue weighted by atomic mass is 9.79. The summed E-state index contributed by atoms with van der Waals surface area (Å²) in [7, 11) is 1.60. The molecular weight excluding hydrogens is 389 g/mol. The molecule has 0 spiro atoms. The van der Waals surface area contributed by atoms with Gasteiger partial charge < -0.3 is 14.8 Å². The molecule has 0 aliphatic carbocycles. The number of aromatic amines is 1. The van der Waals surface area contributed by atoms with Crippen LogP contribution < -0.4 is 4.74 Å². The van der Waals surface area contributed by atoms with E-state index in [1.165, 1.54) is 11.3 Å². The molecule has 2 aromatic heterocycles. The van der Waals surface area contributed by atoms with Crippen molar-refractivity contribution in [3.8, 4) is 5.75 Å². The first-order chi connectivity index (χ1) is 13.7. The summed E-state index contributed by atoms with van der Waals surface area (Å²) in [6.45, 7) is 6.75. The van der Waals surface area contributed by atoms with Crippen molar-refractivity contribution in [2.45, 2.75) is 51.6 Å². The van der Waals surface area contributed by atoms with Crippen LogP contribution in [0.1, 0.15) is 53.6 Å². The summed E-state index contributed by atoms with van der Waals surface area (Å²) in [5.74, 6) is 1.23. The van der Waals surface area contributed by atoms with E-state index in [1.54, 1.807) is 21.0 Å². The highest BCUT2D eigenvalue weighted by molar-refractivity contribution is 7.09. The minimum atomic E-state index is -1.25. The van der Waals surface area contributed by atoms with Crippen molar-refractivity contribution in [3.63, 3.8) is 0 Å². The van der Waals surface area contributed by atoms with Crippen LogP contribution in [0.15, 0.2) is 29.8 Å². The van der Waals surface area contributed by atoms with Gasteiger partial charge in [0.05, 0.1) is 19.4 Å². The summed E-state index contributed by atoms with van der Waals surface area (Å²) in [4.78, 5) is 12.5. The second-order valence-electron chi connectivity index (χ2n) is 8.00. The highest BCUT2D eigenvalue weighted by atomic mass is 32.1. The molecule has 1 aromatic carbocycles. The summed E-state index contributed by atoms with van der Waals surface area (Å²) < 4.78 is 19.7. The molecule has 2 N–H and O–H groups in total. The van der Waals surface area contributed by atoms with Crippen LogP contribution in [0.25, 0.3) is 0 Å². The fraction of sp³-hybridized carbons (Fsp3) is 0.455. The Morgan fingerprint density at radius 3 is 2.48 bits per heavy atom. The van der Waals surface area contributed by atoms with Crippen LogP contribution in [0.4, 0.5) is 4.39 Å². The van der Waals surface area contributed by atoms with Crippen molar-refractivity contribution in [1.82, 2.24) is 15.0 Å².